The highest BCUT2D eigenvalue weighted by atomic mass is 32.1. The summed E-state index contributed by atoms with van der Waals surface area (Å²) in [5.41, 5.74) is 7.90. The largest absolute Gasteiger partial charge is 0.391 e. The van der Waals surface area contributed by atoms with E-state index in [1.54, 1.807) is 0 Å². The number of hydrogen-bond acceptors (Lipinski definition) is 2. The highest BCUT2D eigenvalue weighted by Gasteiger charge is 2.17. The van der Waals surface area contributed by atoms with Crippen molar-refractivity contribution in [2.45, 2.75) is 39.2 Å². The molecular weight excluding hydrogens is 244 g/mol. The fourth-order valence-electron chi connectivity index (χ4n) is 1.70. The van der Waals surface area contributed by atoms with E-state index in [-0.39, 0.29) is 16.3 Å². The van der Waals surface area contributed by atoms with Crippen molar-refractivity contribution in [3.05, 3.63) is 35.4 Å². The van der Waals surface area contributed by atoms with Crippen LogP contribution in [0.3, 0.4) is 0 Å². The Morgan fingerprint density at radius 1 is 1.28 bits per heavy atom. The van der Waals surface area contributed by atoms with E-state index < -0.39 is 6.04 Å². The molecule has 0 aliphatic carbocycles. The predicted octanol–water partition coefficient (Wildman–Crippen LogP) is 2.45. The van der Waals surface area contributed by atoms with Gasteiger partial charge in [0.15, 0.2) is 0 Å². The van der Waals surface area contributed by atoms with Crippen molar-refractivity contribution in [2.75, 3.05) is 0 Å². The lowest BCUT2D eigenvalue weighted by Crippen LogP contribution is -2.35. The summed E-state index contributed by atoms with van der Waals surface area (Å²) in [4.78, 5) is 11.4. The third-order valence-corrected chi connectivity index (χ3v) is 2.98. The number of hydrogen-bond donors (Lipinski definition) is 2. The van der Waals surface area contributed by atoms with Crippen molar-refractivity contribution in [1.29, 1.82) is 0 Å². The summed E-state index contributed by atoms with van der Waals surface area (Å²) >= 11 is 4.99. The summed E-state index contributed by atoms with van der Waals surface area (Å²) in [6, 6.07) is 7.61. The molecule has 0 radical (unpaired) electrons. The van der Waals surface area contributed by atoms with E-state index in [9.17, 15) is 4.79 Å². The molecule has 0 fully saturated rings. The van der Waals surface area contributed by atoms with Gasteiger partial charge >= 0.3 is 0 Å². The maximum absolute atomic E-state index is 11.1. The van der Waals surface area contributed by atoms with Crippen LogP contribution >= 0.6 is 12.2 Å². The molecule has 3 N–H and O–H groups in total. The van der Waals surface area contributed by atoms with Crippen LogP contribution in [0, 0.1) is 0 Å². The first kappa shape index (κ1) is 14.6. The molecule has 1 amide bonds. The number of nitrogens with two attached hydrogens (primary N) is 1. The molecule has 0 heterocycles. The zero-order valence-electron chi connectivity index (χ0n) is 11.3. The average molecular weight is 264 g/mol. The van der Waals surface area contributed by atoms with Crippen molar-refractivity contribution in [1.82, 2.24) is 5.32 Å². The fraction of sp³-hybridized carbons (Fsp3) is 0.429. The van der Waals surface area contributed by atoms with Crippen LogP contribution in [-0.2, 0) is 10.2 Å². The van der Waals surface area contributed by atoms with Crippen LogP contribution in [-0.4, -0.2) is 10.9 Å². The standard InChI is InChI=1S/C14H20N2OS/c1-9(17)16-12(13(15)18)10-5-7-11(8-6-10)14(2,3)4/h5-8,12H,1-4H3,(H2,15,18)(H,16,17). The van der Waals surface area contributed by atoms with Crippen LogP contribution < -0.4 is 11.1 Å². The van der Waals surface area contributed by atoms with E-state index in [4.69, 9.17) is 18.0 Å². The summed E-state index contributed by atoms with van der Waals surface area (Å²) in [6.07, 6.45) is 0. The molecule has 18 heavy (non-hydrogen) atoms. The lowest BCUT2D eigenvalue weighted by atomic mass is 9.86. The minimum atomic E-state index is -0.397. The monoisotopic (exact) mass is 264 g/mol. The van der Waals surface area contributed by atoms with Crippen molar-refractivity contribution in [3.8, 4) is 0 Å². The Kier molecular flexibility index (Phi) is 4.46. The molecule has 3 nitrogen and oxygen atoms in total. The summed E-state index contributed by atoms with van der Waals surface area (Å²) in [7, 11) is 0. The molecule has 1 rings (SSSR count). The normalized spacial score (nSPS) is 12.9. The molecule has 0 saturated heterocycles. The van der Waals surface area contributed by atoms with E-state index in [0.717, 1.165) is 5.56 Å². The molecule has 4 heteroatoms. The first-order valence-electron chi connectivity index (χ1n) is 5.88. The first-order chi connectivity index (χ1) is 8.21. The van der Waals surface area contributed by atoms with Crippen molar-refractivity contribution in [3.63, 3.8) is 0 Å². The van der Waals surface area contributed by atoms with Gasteiger partial charge in [0.25, 0.3) is 0 Å². The number of thiocarbonyl (C=S) groups is 1. The molecule has 98 valence electrons. The van der Waals surface area contributed by atoms with Gasteiger partial charge in [0.2, 0.25) is 5.91 Å². The van der Waals surface area contributed by atoms with E-state index in [2.05, 4.69) is 26.1 Å². The van der Waals surface area contributed by atoms with Gasteiger partial charge in [-0.2, -0.15) is 0 Å². The van der Waals surface area contributed by atoms with Gasteiger partial charge < -0.3 is 11.1 Å². The number of carbonyl (C=O) groups excluding carboxylic acids is 1. The molecular formula is C14H20N2OS. The van der Waals surface area contributed by atoms with Gasteiger partial charge in [0.05, 0.1) is 0 Å². The van der Waals surface area contributed by atoms with Gasteiger partial charge in [-0.25, -0.2) is 0 Å². The van der Waals surface area contributed by atoms with Crippen molar-refractivity contribution >= 4 is 23.1 Å². The third kappa shape index (κ3) is 3.81. The Hall–Kier alpha value is -1.42. The molecule has 0 aliphatic rings. The smallest absolute Gasteiger partial charge is 0.217 e. The van der Waals surface area contributed by atoms with E-state index in [1.165, 1.54) is 12.5 Å². The molecule has 1 aromatic rings. The van der Waals surface area contributed by atoms with Gasteiger partial charge in [0, 0.05) is 6.92 Å². The van der Waals surface area contributed by atoms with Crippen LogP contribution in [0.4, 0.5) is 0 Å². The summed E-state index contributed by atoms with van der Waals surface area (Å²) in [5.74, 6) is -0.146. The molecule has 1 unspecified atom stereocenters. The van der Waals surface area contributed by atoms with Crippen LogP contribution in [0.15, 0.2) is 24.3 Å². The Balaban J connectivity index is 3.01. The molecule has 0 aliphatic heterocycles. The lowest BCUT2D eigenvalue weighted by Gasteiger charge is -2.21. The summed E-state index contributed by atoms with van der Waals surface area (Å²) < 4.78 is 0. The van der Waals surface area contributed by atoms with E-state index in [1.807, 2.05) is 24.3 Å². The number of carbonyl (C=O) groups is 1. The molecule has 1 atom stereocenters. The van der Waals surface area contributed by atoms with Crippen LogP contribution in [0.25, 0.3) is 0 Å². The minimum absolute atomic E-state index is 0.102. The number of amides is 1. The average Bonchev–Trinajstić information content (AvgIpc) is 2.24. The molecule has 1 aromatic carbocycles. The number of benzene rings is 1. The second kappa shape index (κ2) is 5.48. The topological polar surface area (TPSA) is 55.1 Å². The second-order valence-corrected chi connectivity index (χ2v) is 5.88. The van der Waals surface area contributed by atoms with Crippen LogP contribution in [0.2, 0.25) is 0 Å². The summed E-state index contributed by atoms with van der Waals surface area (Å²) in [5, 5.41) is 2.75. The van der Waals surface area contributed by atoms with Crippen molar-refractivity contribution < 1.29 is 4.79 Å². The molecule has 0 saturated carbocycles. The zero-order valence-corrected chi connectivity index (χ0v) is 12.1. The SMILES string of the molecule is CC(=O)NC(C(N)=S)c1ccc(C(C)(C)C)cc1. The van der Waals surface area contributed by atoms with E-state index >= 15 is 0 Å². The fourth-order valence-corrected chi connectivity index (χ4v) is 1.89. The molecule has 0 aromatic heterocycles. The van der Waals surface area contributed by atoms with Gasteiger partial charge in [-0.3, -0.25) is 4.79 Å². The van der Waals surface area contributed by atoms with Gasteiger partial charge in [0.1, 0.15) is 11.0 Å². The maximum atomic E-state index is 11.1. The zero-order chi connectivity index (χ0) is 13.9. The van der Waals surface area contributed by atoms with E-state index in [0.29, 0.717) is 0 Å². The predicted molar refractivity (Wildman–Crippen MR) is 78.5 cm³/mol. The Labute approximate surface area is 114 Å². The van der Waals surface area contributed by atoms with Crippen molar-refractivity contribution in [2.24, 2.45) is 5.73 Å². The molecule has 0 bridgehead atoms. The Bertz CT molecular complexity index is 446. The minimum Gasteiger partial charge on any atom is -0.391 e. The maximum Gasteiger partial charge on any atom is 0.217 e. The van der Waals surface area contributed by atoms with Gasteiger partial charge in [-0.15, -0.1) is 0 Å². The van der Waals surface area contributed by atoms with Gasteiger partial charge in [-0.05, 0) is 16.5 Å². The second-order valence-electron chi connectivity index (χ2n) is 5.41. The Morgan fingerprint density at radius 3 is 2.11 bits per heavy atom. The van der Waals surface area contributed by atoms with Crippen LogP contribution in [0.5, 0.6) is 0 Å². The first-order valence-corrected chi connectivity index (χ1v) is 6.29. The van der Waals surface area contributed by atoms with Gasteiger partial charge in [-0.1, -0.05) is 57.3 Å². The number of nitrogens with one attached hydrogen (secondary N) is 1. The molecule has 0 spiro atoms. The quantitative estimate of drug-likeness (QED) is 0.825. The lowest BCUT2D eigenvalue weighted by molar-refractivity contribution is -0.119. The number of rotatable bonds is 3. The highest BCUT2D eigenvalue weighted by Crippen LogP contribution is 2.24. The highest BCUT2D eigenvalue weighted by molar-refractivity contribution is 7.80. The Morgan fingerprint density at radius 2 is 1.78 bits per heavy atom. The third-order valence-electron chi connectivity index (χ3n) is 2.74. The summed E-state index contributed by atoms with van der Waals surface area (Å²) in [6.45, 7) is 7.91. The van der Waals surface area contributed by atoms with Crippen LogP contribution in [0.1, 0.15) is 44.9 Å².